The fourth-order valence-corrected chi connectivity index (χ4v) is 1.95. The number of ether oxygens (including phenoxy) is 2. The average molecular weight is 210 g/mol. The standard InChI is InChI=1S/C11H14O2S/c1-2-8-5-10-11(13-7-12-10)6-9(8)3-4-14/h5-6,14H,2-4,7H2,1H3. The van der Waals surface area contributed by atoms with Crippen molar-refractivity contribution in [3.63, 3.8) is 0 Å². The molecule has 14 heavy (non-hydrogen) atoms. The maximum absolute atomic E-state index is 5.34. The molecular weight excluding hydrogens is 196 g/mol. The van der Waals surface area contributed by atoms with E-state index in [-0.39, 0.29) is 0 Å². The van der Waals surface area contributed by atoms with Gasteiger partial charge in [0.2, 0.25) is 6.79 Å². The molecule has 0 aliphatic carbocycles. The Kier molecular flexibility index (Phi) is 2.87. The van der Waals surface area contributed by atoms with Gasteiger partial charge in [-0.1, -0.05) is 6.92 Å². The monoisotopic (exact) mass is 210 g/mol. The SMILES string of the molecule is CCc1cc2c(cc1CCS)OCO2. The highest BCUT2D eigenvalue weighted by Crippen LogP contribution is 2.35. The van der Waals surface area contributed by atoms with Gasteiger partial charge in [0.1, 0.15) is 0 Å². The Morgan fingerprint density at radius 1 is 1.21 bits per heavy atom. The van der Waals surface area contributed by atoms with Gasteiger partial charge in [0.05, 0.1) is 0 Å². The van der Waals surface area contributed by atoms with Gasteiger partial charge in [0.15, 0.2) is 11.5 Å². The van der Waals surface area contributed by atoms with E-state index in [4.69, 9.17) is 9.47 Å². The Hall–Kier alpha value is -0.830. The van der Waals surface area contributed by atoms with Crippen molar-refractivity contribution in [2.45, 2.75) is 19.8 Å². The van der Waals surface area contributed by atoms with Crippen molar-refractivity contribution in [2.24, 2.45) is 0 Å². The number of thiol groups is 1. The molecule has 0 unspecified atom stereocenters. The van der Waals surface area contributed by atoms with Gasteiger partial charge in [0, 0.05) is 0 Å². The van der Waals surface area contributed by atoms with E-state index in [1.807, 2.05) is 0 Å². The van der Waals surface area contributed by atoms with Gasteiger partial charge in [-0.2, -0.15) is 12.6 Å². The lowest BCUT2D eigenvalue weighted by Gasteiger charge is -2.07. The Bertz CT molecular complexity index is 336. The molecule has 1 heterocycles. The molecule has 0 fully saturated rings. The summed E-state index contributed by atoms with van der Waals surface area (Å²) >= 11 is 4.25. The van der Waals surface area contributed by atoms with Crippen molar-refractivity contribution in [2.75, 3.05) is 12.5 Å². The number of hydrogen-bond donors (Lipinski definition) is 1. The maximum Gasteiger partial charge on any atom is 0.231 e. The zero-order chi connectivity index (χ0) is 9.97. The molecule has 0 aromatic heterocycles. The first-order valence-electron chi connectivity index (χ1n) is 4.87. The number of aryl methyl sites for hydroxylation is 2. The van der Waals surface area contributed by atoms with E-state index in [1.165, 1.54) is 11.1 Å². The number of rotatable bonds is 3. The van der Waals surface area contributed by atoms with Gasteiger partial charge < -0.3 is 9.47 Å². The first-order valence-corrected chi connectivity index (χ1v) is 5.50. The minimum atomic E-state index is 0.350. The average Bonchev–Trinajstić information content (AvgIpc) is 2.64. The van der Waals surface area contributed by atoms with Crippen LogP contribution in [0.15, 0.2) is 12.1 Å². The summed E-state index contributed by atoms with van der Waals surface area (Å²) in [6, 6.07) is 4.17. The smallest absolute Gasteiger partial charge is 0.231 e. The molecule has 0 N–H and O–H groups in total. The summed E-state index contributed by atoms with van der Waals surface area (Å²) in [5.41, 5.74) is 2.66. The maximum atomic E-state index is 5.34. The van der Waals surface area contributed by atoms with Crippen LogP contribution in [0.3, 0.4) is 0 Å². The molecule has 76 valence electrons. The van der Waals surface area contributed by atoms with Crippen LogP contribution in [-0.4, -0.2) is 12.5 Å². The van der Waals surface area contributed by atoms with Crippen molar-refractivity contribution in [3.05, 3.63) is 23.3 Å². The Balaban J connectivity index is 2.38. The zero-order valence-electron chi connectivity index (χ0n) is 8.25. The van der Waals surface area contributed by atoms with Gasteiger partial charge in [-0.15, -0.1) is 0 Å². The van der Waals surface area contributed by atoms with Crippen LogP contribution in [0.1, 0.15) is 18.1 Å². The summed E-state index contributed by atoms with van der Waals surface area (Å²) in [6.07, 6.45) is 2.02. The summed E-state index contributed by atoms with van der Waals surface area (Å²) in [7, 11) is 0. The molecule has 1 aliphatic heterocycles. The molecule has 0 amide bonds. The molecule has 3 heteroatoms. The van der Waals surface area contributed by atoms with Gasteiger partial charge >= 0.3 is 0 Å². The first kappa shape index (κ1) is 9.71. The number of benzene rings is 1. The molecule has 0 bridgehead atoms. The molecule has 0 saturated carbocycles. The molecule has 2 nitrogen and oxygen atoms in total. The van der Waals surface area contributed by atoms with Crippen LogP contribution in [-0.2, 0) is 12.8 Å². The highest BCUT2D eigenvalue weighted by molar-refractivity contribution is 7.80. The van der Waals surface area contributed by atoms with Crippen molar-refractivity contribution in [1.29, 1.82) is 0 Å². The highest BCUT2D eigenvalue weighted by Gasteiger charge is 2.15. The predicted molar refractivity (Wildman–Crippen MR) is 59.5 cm³/mol. The van der Waals surface area contributed by atoms with Crippen molar-refractivity contribution >= 4 is 12.6 Å². The minimum absolute atomic E-state index is 0.350. The lowest BCUT2D eigenvalue weighted by atomic mass is 10.0. The third kappa shape index (κ3) is 1.69. The van der Waals surface area contributed by atoms with E-state index >= 15 is 0 Å². The molecule has 0 saturated heterocycles. The van der Waals surface area contributed by atoms with Gasteiger partial charge in [-0.25, -0.2) is 0 Å². The molecule has 1 aliphatic rings. The van der Waals surface area contributed by atoms with Crippen LogP contribution in [0.25, 0.3) is 0 Å². The van der Waals surface area contributed by atoms with Crippen LogP contribution in [0, 0.1) is 0 Å². The minimum Gasteiger partial charge on any atom is -0.454 e. The summed E-state index contributed by atoms with van der Waals surface area (Å²) in [6.45, 7) is 2.50. The molecule has 0 spiro atoms. The van der Waals surface area contributed by atoms with Crippen LogP contribution >= 0.6 is 12.6 Å². The first-order chi connectivity index (χ1) is 6.85. The topological polar surface area (TPSA) is 18.5 Å². The van der Waals surface area contributed by atoms with E-state index in [9.17, 15) is 0 Å². The summed E-state index contributed by atoms with van der Waals surface area (Å²) in [4.78, 5) is 0. The number of hydrogen-bond acceptors (Lipinski definition) is 3. The largest absolute Gasteiger partial charge is 0.454 e. The summed E-state index contributed by atoms with van der Waals surface area (Å²) in [5, 5.41) is 0. The van der Waals surface area contributed by atoms with Crippen LogP contribution in [0.5, 0.6) is 11.5 Å². The second-order valence-corrected chi connectivity index (χ2v) is 3.75. The highest BCUT2D eigenvalue weighted by atomic mass is 32.1. The molecule has 0 radical (unpaired) electrons. The lowest BCUT2D eigenvalue weighted by molar-refractivity contribution is 0.174. The summed E-state index contributed by atoms with van der Waals surface area (Å²) in [5.74, 6) is 2.62. The van der Waals surface area contributed by atoms with Crippen molar-refractivity contribution in [1.82, 2.24) is 0 Å². The van der Waals surface area contributed by atoms with E-state index < -0.39 is 0 Å². The zero-order valence-corrected chi connectivity index (χ0v) is 9.14. The van der Waals surface area contributed by atoms with Gasteiger partial charge in [-0.3, -0.25) is 0 Å². The Morgan fingerprint density at radius 3 is 2.43 bits per heavy atom. The quantitative estimate of drug-likeness (QED) is 0.772. The second kappa shape index (κ2) is 4.13. The van der Waals surface area contributed by atoms with E-state index in [0.29, 0.717) is 6.79 Å². The Labute approximate surface area is 89.6 Å². The molecule has 2 rings (SSSR count). The van der Waals surface area contributed by atoms with Gasteiger partial charge in [0.25, 0.3) is 0 Å². The number of fused-ring (bicyclic) bond motifs is 1. The lowest BCUT2D eigenvalue weighted by Crippen LogP contribution is -1.94. The predicted octanol–water partition coefficient (Wildman–Crippen LogP) is 2.45. The fourth-order valence-electron chi connectivity index (χ4n) is 1.71. The van der Waals surface area contributed by atoms with Crippen molar-refractivity contribution in [3.8, 4) is 11.5 Å². The van der Waals surface area contributed by atoms with Crippen molar-refractivity contribution < 1.29 is 9.47 Å². The third-order valence-electron chi connectivity index (χ3n) is 2.46. The van der Waals surface area contributed by atoms with Gasteiger partial charge in [-0.05, 0) is 41.9 Å². The van der Waals surface area contributed by atoms with E-state index in [0.717, 1.165) is 30.1 Å². The molecular formula is C11H14O2S. The van der Waals surface area contributed by atoms with E-state index in [1.54, 1.807) is 0 Å². The second-order valence-electron chi connectivity index (χ2n) is 3.30. The van der Waals surface area contributed by atoms with Crippen LogP contribution in [0.2, 0.25) is 0 Å². The third-order valence-corrected chi connectivity index (χ3v) is 2.68. The summed E-state index contributed by atoms with van der Waals surface area (Å²) < 4.78 is 10.7. The van der Waals surface area contributed by atoms with Crippen LogP contribution < -0.4 is 9.47 Å². The fraction of sp³-hybridized carbons (Fsp3) is 0.455. The molecule has 0 atom stereocenters. The molecule has 1 aromatic carbocycles. The molecule has 1 aromatic rings. The van der Waals surface area contributed by atoms with Crippen LogP contribution in [0.4, 0.5) is 0 Å². The van der Waals surface area contributed by atoms with E-state index in [2.05, 4.69) is 31.7 Å². The Morgan fingerprint density at radius 2 is 1.86 bits per heavy atom. The normalized spacial score (nSPS) is 13.3.